The average molecular weight is 388 g/mol. The van der Waals surface area contributed by atoms with Crippen LogP contribution in [0.25, 0.3) is 16.9 Å². The van der Waals surface area contributed by atoms with Gasteiger partial charge in [-0.15, -0.1) is 23.4 Å². The van der Waals surface area contributed by atoms with Crippen LogP contribution in [-0.2, 0) is 10.8 Å². The topological polar surface area (TPSA) is 61.5 Å². The molecule has 2 heterocycles. The van der Waals surface area contributed by atoms with Gasteiger partial charge in [-0.3, -0.25) is 9.38 Å². The molecule has 0 saturated carbocycles. The van der Waals surface area contributed by atoms with E-state index in [4.69, 9.17) is 0 Å². The Morgan fingerprint density at radius 2 is 1.85 bits per heavy atom. The van der Waals surface area contributed by atoms with Crippen molar-refractivity contribution in [2.24, 2.45) is 0 Å². The summed E-state index contributed by atoms with van der Waals surface area (Å²) in [5, 5.41) is 7.07. The largest absolute Gasteiger partial charge is 0.573 e. The van der Waals surface area contributed by atoms with Crippen molar-refractivity contribution in [1.29, 1.82) is 0 Å². The summed E-state index contributed by atoms with van der Waals surface area (Å²) in [6.45, 7) is 2.73. The molecule has 0 saturated heterocycles. The Labute approximate surface area is 149 Å². The number of halogens is 5. The molecule has 1 aromatic carbocycles. The number of ether oxygens (including phenoxy) is 2. The Kier molecular flexibility index (Phi) is 4.72. The first kappa shape index (κ1) is 19.0. The first-order chi connectivity index (χ1) is 12.6. The van der Waals surface area contributed by atoms with Crippen LogP contribution in [0.1, 0.15) is 18.3 Å². The van der Waals surface area contributed by atoms with E-state index >= 15 is 0 Å². The third-order valence-electron chi connectivity index (χ3n) is 3.59. The maximum Gasteiger partial charge on any atom is 0.573 e. The number of rotatable bonds is 5. The molecule has 0 aliphatic rings. The van der Waals surface area contributed by atoms with Crippen LogP contribution in [0.4, 0.5) is 22.0 Å². The zero-order valence-corrected chi connectivity index (χ0v) is 14.1. The van der Waals surface area contributed by atoms with Crippen molar-refractivity contribution in [1.82, 2.24) is 19.6 Å². The van der Waals surface area contributed by atoms with Crippen molar-refractivity contribution in [2.45, 2.75) is 26.3 Å². The van der Waals surface area contributed by atoms with E-state index in [9.17, 15) is 22.0 Å². The van der Waals surface area contributed by atoms with Crippen LogP contribution < -0.4 is 4.74 Å². The number of nitrogens with zero attached hydrogens (tertiary/aromatic N) is 4. The lowest BCUT2D eigenvalue weighted by molar-refractivity contribution is -0.274. The van der Waals surface area contributed by atoms with Gasteiger partial charge < -0.3 is 9.47 Å². The molecule has 0 unspecified atom stereocenters. The fraction of sp³-hybridized carbons (Fsp3) is 0.312. The average Bonchev–Trinajstić information content (AvgIpc) is 2.97. The van der Waals surface area contributed by atoms with E-state index in [1.807, 2.05) is 0 Å². The van der Waals surface area contributed by atoms with E-state index in [0.29, 0.717) is 11.1 Å². The van der Waals surface area contributed by atoms with Crippen LogP contribution in [0, 0.1) is 6.92 Å². The molecule has 0 fully saturated rings. The van der Waals surface area contributed by atoms with Crippen molar-refractivity contribution >= 4 is 5.65 Å². The van der Waals surface area contributed by atoms with Crippen molar-refractivity contribution < 1.29 is 31.4 Å². The van der Waals surface area contributed by atoms with Crippen LogP contribution in [0.15, 0.2) is 30.6 Å². The van der Waals surface area contributed by atoms with Gasteiger partial charge in [-0.05, 0) is 37.6 Å². The second-order valence-corrected chi connectivity index (χ2v) is 5.50. The predicted octanol–water partition coefficient (Wildman–Crippen LogP) is 4.08. The summed E-state index contributed by atoms with van der Waals surface area (Å²) in [5.74, 6) is -1.12. The molecule has 3 aromatic rings. The summed E-state index contributed by atoms with van der Waals surface area (Å²) in [7, 11) is 0. The number of hydrogen-bond donors (Lipinski definition) is 0. The minimum Gasteiger partial charge on any atom is -0.406 e. The van der Waals surface area contributed by atoms with E-state index < -0.39 is 24.0 Å². The molecule has 0 spiro atoms. The van der Waals surface area contributed by atoms with E-state index in [1.54, 1.807) is 6.92 Å². The Balaban J connectivity index is 2.03. The van der Waals surface area contributed by atoms with Gasteiger partial charge in [-0.25, -0.2) is 0 Å². The highest BCUT2D eigenvalue weighted by Crippen LogP contribution is 2.31. The standard InChI is InChI=1S/C16H13F5N4O2/c1-3-26-15(17,18)14-24-23-13-7-22-12(8-25(13)14)11-5-4-10(6-9(11)2)27-16(19,20)21/h4-8H,3H2,1-2H3. The third-order valence-corrected chi connectivity index (χ3v) is 3.59. The number of hydrogen-bond acceptors (Lipinski definition) is 5. The fourth-order valence-electron chi connectivity index (χ4n) is 2.51. The van der Waals surface area contributed by atoms with Gasteiger partial charge in [-0.2, -0.15) is 8.78 Å². The minimum absolute atomic E-state index is 0.0720. The van der Waals surface area contributed by atoms with Gasteiger partial charge in [0.1, 0.15) is 5.75 Å². The Hall–Kier alpha value is -2.82. The zero-order valence-electron chi connectivity index (χ0n) is 14.1. The van der Waals surface area contributed by atoms with Crippen LogP contribution in [0.2, 0.25) is 0 Å². The fourth-order valence-corrected chi connectivity index (χ4v) is 2.51. The van der Waals surface area contributed by atoms with Crippen LogP contribution in [0.3, 0.4) is 0 Å². The molecule has 0 radical (unpaired) electrons. The molecule has 0 bridgehead atoms. The predicted molar refractivity (Wildman–Crippen MR) is 83.2 cm³/mol. The number of benzene rings is 1. The van der Waals surface area contributed by atoms with Crippen molar-refractivity contribution in [3.63, 3.8) is 0 Å². The summed E-state index contributed by atoms with van der Waals surface area (Å²) >= 11 is 0. The molecule has 0 aliphatic carbocycles. The van der Waals surface area contributed by atoms with Crippen LogP contribution >= 0.6 is 0 Å². The van der Waals surface area contributed by atoms with E-state index in [0.717, 1.165) is 10.5 Å². The monoisotopic (exact) mass is 388 g/mol. The van der Waals surface area contributed by atoms with Crippen molar-refractivity contribution in [3.8, 4) is 17.0 Å². The second-order valence-electron chi connectivity index (χ2n) is 5.50. The van der Waals surface area contributed by atoms with E-state index in [-0.39, 0.29) is 17.9 Å². The van der Waals surface area contributed by atoms with Crippen molar-refractivity contribution in [3.05, 3.63) is 42.0 Å². The third kappa shape index (κ3) is 3.97. The minimum atomic E-state index is -4.81. The lowest BCUT2D eigenvalue weighted by Crippen LogP contribution is -2.21. The van der Waals surface area contributed by atoms with Gasteiger partial charge >= 0.3 is 12.5 Å². The maximum absolute atomic E-state index is 14.1. The van der Waals surface area contributed by atoms with Gasteiger partial charge in [0.05, 0.1) is 18.5 Å². The van der Waals surface area contributed by atoms with E-state index in [2.05, 4.69) is 24.7 Å². The second kappa shape index (κ2) is 6.72. The molecule has 27 heavy (non-hydrogen) atoms. The molecule has 2 aromatic heterocycles. The summed E-state index contributed by atoms with van der Waals surface area (Å²) in [6, 6.07) is 3.65. The molecule has 0 aliphatic heterocycles. The first-order valence-electron chi connectivity index (χ1n) is 7.70. The van der Waals surface area contributed by atoms with Crippen LogP contribution in [0.5, 0.6) is 5.75 Å². The maximum atomic E-state index is 14.1. The Bertz CT molecular complexity index is 971. The van der Waals surface area contributed by atoms with Gasteiger partial charge in [0.25, 0.3) is 0 Å². The summed E-state index contributed by atoms with van der Waals surface area (Å²) < 4.78 is 74.4. The summed E-state index contributed by atoms with van der Waals surface area (Å²) in [6.07, 6.45) is -5.97. The molecule has 3 rings (SSSR count). The number of aryl methyl sites for hydroxylation is 1. The number of aromatic nitrogens is 4. The molecule has 6 nitrogen and oxygen atoms in total. The molecule has 0 atom stereocenters. The SMILES string of the molecule is CCOC(F)(F)c1nnc2cnc(-c3ccc(OC(F)(F)F)cc3C)cn12. The first-order valence-corrected chi connectivity index (χ1v) is 7.70. The molecule has 0 N–H and O–H groups in total. The van der Waals surface area contributed by atoms with Gasteiger partial charge in [0.15, 0.2) is 5.65 Å². The highest BCUT2D eigenvalue weighted by Gasteiger charge is 2.38. The van der Waals surface area contributed by atoms with Gasteiger partial charge in [-0.1, -0.05) is 0 Å². The highest BCUT2D eigenvalue weighted by molar-refractivity contribution is 5.65. The molecular formula is C16H13F5N4O2. The van der Waals surface area contributed by atoms with Gasteiger partial charge in [0.2, 0.25) is 5.82 Å². The zero-order chi connectivity index (χ0) is 19.8. The Morgan fingerprint density at radius 1 is 1.11 bits per heavy atom. The van der Waals surface area contributed by atoms with Gasteiger partial charge in [0, 0.05) is 11.8 Å². The summed E-state index contributed by atoms with van der Waals surface area (Å²) in [5.41, 5.74) is 1.16. The summed E-state index contributed by atoms with van der Waals surface area (Å²) in [4.78, 5) is 4.11. The number of alkyl halides is 5. The highest BCUT2D eigenvalue weighted by atomic mass is 19.4. The number of fused-ring (bicyclic) bond motifs is 1. The Morgan fingerprint density at radius 3 is 2.48 bits per heavy atom. The quantitative estimate of drug-likeness (QED) is 0.617. The molecule has 144 valence electrons. The molecule has 0 amide bonds. The normalized spacial score (nSPS) is 12.6. The smallest absolute Gasteiger partial charge is 0.406 e. The van der Waals surface area contributed by atoms with E-state index in [1.165, 1.54) is 31.5 Å². The lowest BCUT2D eigenvalue weighted by Gasteiger charge is -2.14. The van der Waals surface area contributed by atoms with Crippen LogP contribution in [-0.4, -0.2) is 32.6 Å². The lowest BCUT2D eigenvalue weighted by atomic mass is 10.1. The van der Waals surface area contributed by atoms with Crippen molar-refractivity contribution in [2.75, 3.05) is 6.61 Å². The molecule has 11 heteroatoms. The molecular weight excluding hydrogens is 375 g/mol.